The summed E-state index contributed by atoms with van der Waals surface area (Å²) in [5.74, 6) is 0.548. The lowest BCUT2D eigenvalue weighted by molar-refractivity contribution is 0.0931. The van der Waals surface area contributed by atoms with Crippen molar-refractivity contribution in [3.63, 3.8) is 0 Å². The van der Waals surface area contributed by atoms with E-state index in [1.54, 1.807) is 23.9 Å². The van der Waals surface area contributed by atoms with E-state index in [2.05, 4.69) is 32.6 Å². The van der Waals surface area contributed by atoms with E-state index in [0.29, 0.717) is 23.7 Å². The van der Waals surface area contributed by atoms with Gasteiger partial charge in [0.1, 0.15) is 18.0 Å². The van der Waals surface area contributed by atoms with Crippen molar-refractivity contribution < 1.29 is 14.1 Å². The van der Waals surface area contributed by atoms with Crippen LogP contribution in [0.2, 0.25) is 0 Å². The highest BCUT2D eigenvalue weighted by atomic mass is 16.5. The molecule has 0 fully saturated rings. The van der Waals surface area contributed by atoms with Gasteiger partial charge in [0.15, 0.2) is 11.4 Å². The number of carbonyl (C=O) groups excluding carboxylic acids is 1. The Morgan fingerprint density at radius 1 is 1.30 bits per heavy atom. The first-order valence-electron chi connectivity index (χ1n) is 9.80. The highest BCUT2D eigenvalue weighted by Gasteiger charge is 2.26. The lowest BCUT2D eigenvalue weighted by Crippen LogP contribution is -2.28. The Morgan fingerprint density at radius 3 is 3.07 bits per heavy atom. The maximum absolute atomic E-state index is 12.9. The van der Waals surface area contributed by atoms with E-state index in [9.17, 15) is 4.79 Å². The molecule has 1 aliphatic rings. The Hall–Kier alpha value is -3.52. The number of aryl methyl sites for hydroxylation is 2. The lowest BCUT2D eigenvalue weighted by atomic mass is 10.0. The Kier molecular flexibility index (Phi) is 4.55. The van der Waals surface area contributed by atoms with Crippen LogP contribution in [0.5, 0.6) is 0 Å². The number of amides is 1. The van der Waals surface area contributed by atoms with Crippen molar-refractivity contribution in [1.29, 1.82) is 0 Å². The number of imidazole rings is 1. The van der Waals surface area contributed by atoms with E-state index < -0.39 is 0 Å². The molecule has 0 aliphatic heterocycles. The SMILES string of the molecule is COCc1cc(-c2ccc3c(c2)CC[C@H]3NC(=O)c2cnc3cnc(C)cn23)no1. The van der Waals surface area contributed by atoms with Crippen molar-refractivity contribution in [2.24, 2.45) is 0 Å². The molecule has 4 aromatic rings. The molecule has 1 aliphatic carbocycles. The van der Waals surface area contributed by atoms with E-state index >= 15 is 0 Å². The molecule has 1 atom stereocenters. The van der Waals surface area contributed by atoms with Gasteiger partial charge in [-0.15, -0.1) is 0 Å². The van der Waals surface area contributed by atoms with Gasteiger partial charge in [-0.3, -0.25) is 14.2 Å². The molecule has 30 heavy (non-hydrogen) atoms. The molecule has 5 rings (SSSR count). The molecule has 0 unspecified atom stereocenters. The van der Waals surface area contributed by atoms with Crippen molar-refractivity contribution in [2.75, 3.05) is 7.11 Å². The first-order valence-corrected chi connectivity index (χ1v) is 9.80. The van der Waals surface area contributed by atoms with Crippen molar-refractivity contribution >= 4 is 11.6 Å². The Balaban J connectivity index is 1.36. The molecule has 0 saturated heterocycles. The van der Waals surface area contributed by atoms with Crippen LogP contribution >= 0.6 is 0 Å². The molecule has 0 spiro atoms. The molecule has 8 heteroatoms. The molecule has 3 heterocycles. The van der Waals surface area contributed by atoms with Gasteiger partial charge in [-0.25, -0.2) is 4.98 Å². The summed E-state index contributed by atoms with van der Waals surface area (Å²) >= 11 is 0. The summed E-state index contributed by atoms with van der Waals surface area (Å²) in [6, 6.07) is 8.06. The van der Waals surface area contributed by atoms with Crippen LogP contribution in [0.15, 0.2) is 47.4 Å². The highest BCUT2D eigenvalue weighted by Crippen LogP contribution is 2.34. The zero-order valence-electron chi connectivity index (χ0n) is 16.8. The van der Waals surface area contributed by atoms with Crippen molar-refractivity contribution in [3.05, 3.63) is 71.1 Å². The van der Waals surface area contributed by atoms with Crippen LogP contribution in [0.4, 0.5) is 0 Å². The lowest BCUT2D eigenvalue weighted by Gasteiger charge is -2.14. The quantitative estimate of drug-likeness (QED) is 0.550. The highest BCUT2D eigenvalue weighted by molar-refractivity contribution is 5.93. The number of hydrogen-bond donors (Lipinski definition) is 1. The molecular weight excluding hydrogens is 382 g/mol. The van der Waals surface area contributed by atoms with Crippen molar-refractivity contribution in [2.45, 2.75) is 32.4 Å². The summed E-state index contributed by atoms with van der Waals surface area (Å²) in [5, 5.41) is 7.29. The van der Waals surface area contributed by atoms with Crippen LogP contribution in [0.1, 0.15) is 45.5 Å². The largest absolute Gasteiger partial charge is 0.377 e. The maximum atomic E-state index is 12.9. The molecule has 1 amide bonds. The predicted molar refractivity (Wildman–Crippen MR) is 109 cm³/mol. The van der Waals surface area contributed by atoms with Gasteiger partial charge >= 0.3 is 0 Å². The Morgan fingerprint density at radius 2 is 2.20 bits per heavy atom. The minimum absolute atomic E-state index is 0.0311. The molecule has 3 aromatic heterocycles. The van der Waals surface area contributed by atoms with Gasteiger partial charge in [0.2, 0.25) is 0 Å². The topological polar surface area (TPSA) is 94.5 Å². The van der Waals surface area contributed by atoms with Crippen LogP contribution in [-0.4, -0.2) is 32.5 Å². The van der Waals surface area contributed by atoms with E-state index in [0.717, 1.165) is 35.4 Å². The van der Waals surface area contributed by atoms with Gasteiger partial charge in [-0.2, -0.15) is 0 Å². The summed E-state index contributed by atoms with van der Waals surface area (Å²) in [5.41, 5.74) is 6.13. The summed E-state index contributed by atoms with van der Waals surface area (Å²) in [7, 11) is 1.62. The van der Waals surface area contributed by atoms with Crippen LogP contribution in [0.3, 0.4) is 0 Å². The van der Waals surface area contributed by atoms with Crippen molar-refractivity contribution in [1.82, 2.24) is 24.8 Å². The van der Waals surface area contributed by atoms with Gasteiger partial charge in [0, 0.05) is 24.9 Å². The number of nitrogens with one attached hydrogen (secondary N) is 1. The third-order valence-electron chi connectivity index (χ3n) is 5.43. The van der Waals surface area contributed by atoms with Crippen LogP contribution < -0.4 is 5.32 Å². The van der Waals surface area contributed by atoms with Gasteiger partial charge in [0.05, 0.1) is 24.1 Å². The molecule has 1 N–H and O–H groups in total. The van der Waals surface area contributed by atoms with Crippen molar-refractivity contribution in [3.8, 4) is 11.3 Å². The van der Waals surface area contributed by atoms with Gasteiger partial charge in [-0.1, -0.05) is 17.3 Å². The number of methoxy groups -OCH3 is 1. The number of hydrogen-bond acceptors (Lipinski definition) is 6. The van der Waals surface area contributed by atoms with E-state index in [-0.39, 0.29) is 11.9 Å². The normalized spacial score (nSPS) is 15.5. The third kappa shape index (κ3) is 3.25. The molecule has 8 nitrogen and oxygen atoms in total. The molecular formula is C22H21N5O3. The number of fused-ring (bicyclic) bond motifs is 2. The number of carbonyl (C=O) groups is 1. The Labute approximate surface area is 172 Å². The second kappa shape index (κ2) is 7.38. The summed E-state index contributed by atoms with van der Waals surface area (Å²) in [6.07, 6.45) is 6.83. The van der Waals surface area contributed by atoms with E-state index in [1.807, 2.05) is 25.3 Å². The molecule has 0 radical (unpaired) electrons. The number of aromatic nitrogens is 4. The zero-order chi connectivity index (χ0) is 20.7. The smallest absolute Gasteiger partial charge is 0.270 e. The van der Waals surface area contributed by atoms with Gasteiger partial charge < -0.3 is 14.6 Å². The summed E-state index contributed by atoms with van der Waals surface area (Å²) < 4.78 is 12.2. The standard InChI is InChI=1S/C22H21N5O3/c1-13-11-27-20(9-24-21(27)10-23-13)22(28)25-18-6-4-14-7-15(3-5-17(14)18)19-8-16(12-29-2)30-26-19/h3,5,7-11,18H,4,6,12H2,1-2H3,(H,25,28)/t18-/m1/s1. The Bertz CT molecular complexity index is 1240. The molecule has 152 valence electrons. The van der Waals surface area contributed by atoms with Crippen LogP contribution in [0, 0.1) is 6.92 Å². The fourth-order valence-corrected chi connectivity index (χ4v) is 3.97. The number of nitrogens with zero attached hydrogens (tertiary/aromatic N) is 4. The minimum atomic E-state index is -0.143. The average molecular weight is 403 g/mol. The number of benzene rings is 1. The molecule has 0 bridgehead atoms. The fraction of sp³-hybridized carbons (Fsp3) is 0.273. The third-order valence-corrected chi connectivity index (χ3v) is 5.43. The molecule has 0 saturated carbocycles. The fourth-order valence-electron chi connectivity index (χ4n) is 3.97. The first-order chi connectivity index (χ1) is 14.6. The van der Waals surface area contributed by atoms with Gasteiger partial charge in [-0.05, 0) is 37.0 Å². The second-order valence-electron chi connectivity index (χ2n) is 7.49. The van der Waals surface area contributed by atoms with E-state index in [4.69, 9.17) is 9.26 Å². The number of ether oxygens (including phenoxy) is 1. The minimum Gasteiger partial charge on any atom is -0.377 e. The number of rotatable bonds is 5. The maximum Gasteiger partial charge on any atom is 0.270 e. The summed E-state index contributed by atoms with van der Waals surface area (Å²) in [4.78, 5) is 21.4. The van der Waals surface area contributed by atoms with Crippen LogP contribution in [0.25, 0.3) is 16.9 Å². The second-order valence-corrected chi connectivity index (χ2v) is 7.49. The molecule has 1 aromatic carbocycles. The van der Waals surface area contributed by atoms with Crippen LogP contribution in [-0.2, 0) is 17.8 Å². The van der Waals surface area contributed by atoms with Gasteiger partial charge in [0.25, 0.3) is 5.91 Å². The zero-order valence-corrected chi connectivity index (χ0v) is 16.8. The first kappa shape index (κ1) is 18.5. The summed E-state index contributed by atoms with van der Waals surface area (Å²) in [6.45, 7) is 2.28. The monoisotopic (exact) mass is 403 g/mol. The predicted octanol–water partition coefficient (Wildman–Crippen LogP) is 3.26. The van der Waals surface area contributed by atoms with E-state index in [1.165, 1.54) is 5.56 Å². The average Bonchev–Trinajstić information content (AvgIpc) is 3.46.